The third kappa shape index (κ3) is 4.72. The van der Waals surface area contributed by atoms with E-state index in [2.05, 4.69) is 10.6 Å². The number of carbonyl (C=O) groups is 1. The average molecular weight is 305 g/mol. The number of hydrogen-bond acceptors (Lipinski definition) is 3. The summed E-state index contributed by atoms with van der Waals surface area (Å²) in [6.07, 6.45) is 1.45. The molecule has 0 fully saturated rings. The second kappa shape index (κ2) is 7.81. The molecule has 0 saturated carbocycles. The lowest BCUT2D eigenvalue weighted by atomic mass is 10.1. The molecule has 2 aromatic rings. The van der Waals surface area contributed by atoms with Crippen LogP contribution in [0.1, 0.15) is 16.7 Å². The van der Waals surface area contributed by atoms with Crippen LogP contribution in [0.2, 0.25) is 0 Å². The quantitative estimate of drug-likeness (QED) is 0.657. The zero-order valence-corrected chi connectivity index (χ0v) is 13.3. The molecule has 0 aliphatic heterocycles. The number of nitrogens with one attached hydrogen (secondary N) is 2. The molecule has 1 amide bonds. The fraction of sp³-hybridized carbons (Fsp3) is 0.158. The minimum Gasteiger partial charge on any atom is -0.386 e. The van der Waals surface area contributed by atoms with Gasteiger partial charge in [-0.15, -0.1) is 0 Å². The van der Waals surface area contributed by atoms with Crippen molar-refractivity contribution in [2.24, 2.45) is 0 Å². The van der Waals surface area contributed by atoms with Gasteiger partial charge in [-0.05, 0) is 31.0 Å². The number of amides is 1. The normalized spacial score (nSPS) is 10.7. The summed E-state index contributed by atoms with van der Waals surface area (Å²) in [5, 5.41) is 14.9. The van der Waals surface area contributed by atoms with Gasteiger partial charge in [-0.3, -0.25) is 4.79 Å². The molecule has 2 aromatic carbocycles. The standard InChI is InChI=1S/C19H19N3O/c1-14-7-9-16(10-8-14)12-21-13-17(11-20)19(23)22-18-6-4-3-5-15(18)2/h3-10,13,21H,12H2,1-2H3,(H,22,23)/b17-13-. The summed E-state index contributed by atoms with van der Waals surface area (Å²) in [7, 11) is 0. The molecule has 116 valence electrons. The van der Waals surface area contributed by atoms with Crippen molar-refractivity contribution < 1.29 is 4.79 Å². The molecule has 0 bridgehead atoms. The Morgan fingerprint density at radius 3 is 2.48 bits per heavy atom. The number of nitrogens with zero attached hydrogens (tertiary/aromatic N) is 1. The Morgan fingerprint density at radius 2 is 1.83 bits per heavy atom. The molecule has 0 aliphatic carbocycles. The van der Waals surface area contributed by atoms with E-state index < -0.39 is 5.91 Å². The smallest absolute Gasteiger partial charge is 0.267 e. The number of aryl methyl sites for hydroxylation is 2. The number of benzene rings is 2. The molecule has 0 unspecified atom stereocenters. The monoisotopic (exact) mass is 305 g/mol. The van der Waals surface area contributed by atoms with Gasteiger partial charge in [-0.2, -0.15) is 5.26 Å². The van der Waals surface area contributed by atoms with Gasteiger partial charge in [-0.1, -0.05) is 48.0 Å². The van der Waals surface area contributed by atoms with E-state index in [0.29, 0.717) is 12.2 Å². The van der Waals surface area contributed by atoms with Gasteiger partial charge < -0.3 is 10.6 Å². The highest BCUT2D eigenvalue weighted by atomic mass is 16.1. The Bertz CT molecular complexity index is 755. The Morgan fingerprint density at radius 1 is 1.13 bits per heavy atom. The molecule has 4 heteroatoms. The molecular formula is C19H19N3O. The molecule has 0 aliphatic rings. The van der Waals surface area contributed by atoms with Crippen molar-refractivity contribution in [3.05, 3.63) is 77.0 Å². The van der Waals surface area contributed by atoms with Crippen molar-refractivity contribution in [2.45, 2.75) is 20.4 Å². The lowest BCUT2D eigenvalue weighted by molar-refractivity contribution is -0.112. The van der Waals surface area contributed by atoms with Crippen LogP contribution >= 0.6 is 0 Å². The maximum absolute atomic E-state index is 12.1. The van der Waals surface area contributed by atoms with Crippen molar-refractivity contribution in [1.29, 1.82) is 5.26 Å². The molecule has 4 nitrogen and oxygen atoms in total. The highest BCUT2D eigenvalue weighted by molar-refractivity contribution is 6.06. The van der Waals surface area contributed by atoms with Gasteiger partial charge in [0, 0.05) is 18.4 Å². The molecular weight excluding hydrogens is 286 g/mol. The highest BCUT2D eigenvalue weighted by Gasteiger charge is 2.10. The number of nitriles is 1. The number of carbonyl (C=O) groups excluding carboxylic acids is 1. The molecule has 0 heterocycles. The Hall–Kier alpha value is -3.06. The van der Waals surface area contributed by atoms with Gasteiger partial charge in [0.1, 0.15) is 11.6 Å². The minimum atomic E-state index is -0.418. The summed E-state index contributed by atoms with van der Waals surface area (Å²) in [6, 6.07) is 17.4. The first-order valence-electron chi connectivity index (χ1n) is 7.36. The van der Waals surface area contributed by atoms with E-state index >= 15 is 0 Å². The fourth-order valence-corrected chi connectivity index (χ4v) is 2.03. The van der Waals surface area contributed by atoms with Gasteiger partial charge in [0.25, 0.3) is 5.91 Å². The lowest BCUT2D eigenvalue weighted by Crippen LogP contribution is -2.17. The average Bonchev–Trinajstić information content (AvgIpc) is 2.55. The van der Waals surface area contributed by atoms with Gasteiger partial charge in [0.05, 0.1) is 0 Å². The molecule has 2 N–H and O–H groups in total. The molecule has 23 heavy (non-hydrogen) atoms. The predicted octanol–water partition coefficient (Wildman–Crippen LogP) is 3.44. The zero-order valence-electron chi connectivity index (χ0n) is 13.3. The van der Waals surface area contributed by atoms with Gasteiger partial charge in [-0.25, -0.2) is 0 Å². The minimum absolute atomic E-state index is 0.0420. The largest absolute Gasteiger partial charge is 0.386 e. The van der Waals surface area contributed by atoms with Crippen LogP contribution in [-0.2, 0) is 11.3 Å². The van der Waals surface area contributed by atoms with E-state index in [4.69, 9.17) is 5.26 Å². The molecule has 0 atom stereocenters. The third-order valence-corrected chi connectivity index (χ3v) is 3.43. The first-order valence-corrected chi connectivity index (χ1v) is 7.36. The van der Waals surface area contributed by atoms with Crippen molar-refractivity contribution in [2.75, 3.05) is 5.32 Å². The second-order valence-corrected chi connectivity index (χ2v) is 5.31. The third-order valence-electron chi connectivity index (χ3n) is 3.43. The van der Waals surface area contributed by atoms with E-state index in [1.165, 1.54) is 11.8 Å². The molecule has 0 radical (unpaired) electrons. The zero-order chi connectivity index (χ0) is 16.7. The first kappa shape index (κ1) is 16.3. The summed E-state index contributed by atoms with van der Waals surface area (Å²) in [4.78, 5) is 12.1. The first-order chi connectivity index (χ1) is 11.1. The van der Waals surface area contributed by atoms with Crippen LogP contribution in [0.5, 0.6) is 0 Å². The van der Waals surface area contributed by atoms with E-state index in [9.17, 15) is 4.79 Å². The Balaban J connectivity index is 1.98. The van der Waals surface area contributed by atoms with Crippen LogP contribution < -0.4 is 10.6 Å². The van der Waals surface area contributed by atoms with Crippen LogP contribution in [0.3, 0.4) is 0 Å². The van der Waals surface area contributed by atoms with Crippen LogP contribution in [0, 0.1) is 25.2 Å². The summed E-state index contributed by atoms with van der Waals surface area (Å²) in [5.41, 5.74) is 3.98. The molecule has 0 spiro atoms. The van der Waals surface area contributed by atoms with Crippen LogP contribution in [-0.4, -0.2) is 5.91 Å². The SMILES string of the molecule is Cc1ccc(CN/C=C(/C#N)C(=O)Nc2ccccc2C)cc1. The van der Waals surface area contributed by atoms with Crippen LogP contribution in [0.25, 0.3) is 0 Å². The Labute approximate surface area is 136 Å². The Kier molecular flexibility index (Phi) is 5.54. The fourth-order valence-electron chi connectivity index (χ4n) is 2.03. The van der Waals surface area contributed by atoms with Gasteiger partial charge in [0.15, 0.2) is 0 Å². The molecule has 2 rings (SSSR count). The maximum Gasteiger partial charge on any atom is 0.267 e. The van der Waals surface area contributed by atoms with Crippen LogP contribution in [0.4, 0.5) is 5.69 Å². The summed E-state index contributed by atoms with van der Waals surface area (Å²) in [5.74, 6) is -0.418. The highest BCUT2D eigenvalue weighted by Crippen LogP contribution is 2.14. The van der Waals surface area contributed by atoms with E-state index in [1.807, 2.05) is 68.4 Å². The second-order valence-electron chi connectivity index (χ2n) is 5.31. The summed E-state index contributed by atoms with van der Waals surface area (Å²) in [6.45, 7) is 4.49. The maximum atomic E-state index is 12.1. The number of anilines is 1. The van der Waals surface area contributed by atoms with E-state index in [0.717, 1.165) is 11.1 Å². The van der Waals surface area contributed by atoms with Crippen molar-refractivity contribution in [3.63, 3.8) is 0 Å². The summed E-state index contributed by atoms with van der Waals surface area (Å²) >= 11 is 0. The number of rotatable bonds is 5. The summed E-state index contributed by atoms with van der Waals surface area (Å²) < 4.78 is 0. The van der Waals surface area contributed by atoms with Crippen molar-refractivity contribution in [1.82, 2.24) is 5.32 Å². The van der Waals surface area contributed by atoms with E-state index in [-0.39, 0.29) is 5.57 Å². The van der Waals surface area contributed by atoms with Crippen LogP contribution in [0.15, 0.2) is 60.3 Å². The number of para-hydroxylation sites is 1. The molecule has 0 saturated heterocycles. The van der Waals surface area contributed by atoms with E-state index in [1.54, 1.807) is 0 Å². The molecule has 0 aromatic heterocycles. The van der Waals surface area contributed by atoms with Crippen molar-refractivity contribution in [3.8, 4) is 6.07 Å². The van der Waals surface area contributed by atoms with Gasteiger partial charge >= 0.3 is 0 Å². The lowest BCUT2D eigenvalue weighted by Gasteiger charge is -2.07. The number of hydrogen-bond donors (Lipinski definition) is 2. The van der Waals surface area contributed by atoms with Crippen molar-refractivity contribution >= 4 is 11.6 Å². The van der Waals surface area contributed by atoms with Gasteiger partial charge in [0.2, 0.25) is 0 Å². The predicted molar refractivity (Wildman–Crippen MR) is 91.5 cm³/mol. The topological polar surface area (TPSA) is 64.9 Å².